The molecule has 1 aromatic carbocycles. The maximum absolute atomic E-state index is 11.6. The zero-order valence-corrected chi connectivity index (χ0v) is 9.02. The Kier molecular flexibility index (Phi) is 2.44. The lowest BCUT2D eigenvalue weighted by atomic mass is 10.1. The van der Waals surface area contributed by atoms with E-state index in [-0.39, 0.29) is 17.0 Å². The van der Waals surface area contributed by atoms with Gasteiger partial charge in [-0.1, -0.05) is 18.2 Å². The number of hydrogen-bond acceptors (Lipinski definition) is 3. The lowest BCUT2D eigenvalue weighted by Crippen LogP contribution is -2.04. The Balaban J connectivity index is 2.72. The number of rotatable bonds is 2. The molecule has 0 radical (unpaired) electrons. The molecule has 2 rings (SSSR count). The van der Waals surface area contributed by atoms with Crippen molar-refractivity contribution in [2.75, 3.05) is 7.11 Å². The molecule has 1 heterocycles. The number of aryl methyl sites for hydroxylation is 1. The third-order valence-corrected chi connectivity index (χ3v) is 2.41. The van der Waals surface area contributed by atoms with Crippen molar-refractivity contribution in [2.45, 2.75) is 0 Å². The Labute approximate surface area is 91.9 Å². The SMILES string of the molecule is COc1ccccc1-c1c(O)n(C)[nH]c1=O. The molecule has 0 aliphatic rings. The van der Waals surface area contributed by atoms with Gasteiger partial charge >= 0.3 is 0 Å². The van der Waals surface area contributed by atoms with Gasteiger partial charge in [0.1, 0.15) is 11.3 Å². The quantitative estimate of drug-likeness (QED) is 0.796. The lowest BCUT2D eigenvalue weighted by Gasteiger charge is -2.05. The zero-order valence-electron chi connectivity index (χ0n) is 9.02. The Morgan fingerprint density at radius 1 is 1.38 bits per heavy atom. The highest BCUT2D eigenvalue weighted by molar-refractivity contribution is 5.73. The molecule has 0 aliphatic carbocycles. The van der Waals surface area contributed by atoms with E-state index < -0.39 is 0 Å². The van der Waals surface area contributed by atoms with Crippen molar-refractivity contribution in [3.8, 4) is 22.8 Å². The first-order valence-electron chi connectivity index (χ1n) is 4.76. The second kappa shape index (κ2) is 3.77. The highest BCUT2D eigenvalue weighted by atomic mass is 16.5. The van der Waals surface area contributed by atoms with Gasteiger partial charge in [-0.15, -0.1) is 0 Å². The van der Waals surface area contributed by atoms with Crippen molar-refractivity contribution in [3.05, 3.63) is 34.6 Å². The van der Waals surface area contributed by atoms with Gasteiger partial charge in [-0.05, 0) is 6.07 Å². The van der Waals surface area contributed by atoms with Crippen LogP contribution in [0.25, 0.3) is 11.1 Å². The minimum Gasteiger partial charge on any atom is -0.496 e. The lowest BCUT2D eigenvalue weighted by molar-refractivity contribution is 0.412. The second-order valence-corrected chi connectivity index (χ2v) is 3.40. The molecule has 0 fully saturated rings. The van der Waals surface area contributed by atoms with E-state index in [4.69, 9.17) is 4.74 Å². The molecule has 5 nitrogen and oxygen atoms in total. The van der Waals surface area contributed by atoms with E-state index in [1.54, 1.807) is 31.3 Å². The molecule has 0 saturated heterocycles. The second-order valence-electron chi connectivity index (χ2n) is 3.40. The van der Waals surface area contributed by atoms with Gasteiger partial charge in [0.2, 0.25) is 5.88 Å². The van der Waals surface area contributed by atoms with E-state index in [1.165, 1.54) is 11.8 Å². The number of aromatic hydroxyl groups is 1. The summed E-state index contributed by atoms with van der Waals surface area (Å²) >= 11 is 0. The summed E-state index contributed by atoms with van der Waals surface area (Å²) in [6.45, 7) is 0. The molecule has 84 valence electrons. The standard InChI is InChI=1S/C11H12N2O3/c1-13-11(15)9(10(14)12-13)7-5-3-4-6-8(7)16-2/h3-6,15H,1-2H3,(H,12,14). The smallest absolute Gasteiger partial charge is 0.276 e. The number of para-hydroxylation sites is 1. The maximum Gasteiger partial charge on any atom is 0.276 e. The summed E-state index contributed by atoms with van der Waals surface area (Å²) < 4.78 is 6.41. The number of H-pyrrole nitrogens is 1. The predicted molar refractivity (Wildman–Crippen MR) is 59.7 cm³/mol. The minimum absolute atomic E-state index is 0.102. The molecule has 16 heavy (non-hydrogen) atoms. The van der Waals surface area contributed by atoms with Crippen LogP contribution in [-0.2, 0) is 7.05 Å². The van der Waals surface area contributed by atoms with E-state index in [0.29, 0.717) is 11.3 Å². The molecule has 2 aromatic rings. The van der Waals surface area contributed by atoms with Crippen molar-refractivity contribution in [3.63, 3.8) is 0 Å². The zero-order chi connectivity index (χ0) is 11.7. The van der Waals surface area contributed by atoms with Crippen LogP contribution in [-0.4, -0.2) is 22.0 Å². The summed E-state index contributed by atoms with van der Waals surface area (Å²) in [6.07, 6.45) is 0. The Bertz CT molecular complexity index is 569. The Morgan fingerprint density at radius 2 is 2.06 bits per heavy atom. The van der Waals surface area contributed by atoms with Crippen LogP contribution in [0.2, 0.25) is 0 Å². The van der Waals surface area contributed by atoms with Crippen LogP contribution < -0.4 is 10.3 Å². The third-order valence-electron chi connectivity index (χ3n) is 2.41. The van der Waals surface area contributed by atoms with Gasteiger partial charge in [0.05, 0.1) is 7.11 Å². The van der Waals surface area contributed by atoms with E-state index in [2.05, 4.69) is 5.10 Å². The monoisotopic (exact) mass is 220 g/mol. The number of hydrogen-bond donors (Lipinski definition) is 2. The van der Waals surface area contributed by atoms with Crippen LogP contribution in [0.1, 0.15) is 0 Å². The molecule has 2 N–H and O–H groups in total. The molecular formula is C11H12N2O3. The highest BCUT2D eigenvalue weighted by Crippen LogP contribution is 2.32. The molecule has 5 heteroatoms. The van der Waals surface area contributed by atoms with E-state index in [0.717, 1.165) is 0 Å². The summed E-state index contributed by atoms with van der Waals surface area (Å²) in [5.41, 5.74) is 0.453. The van der Waals surface area contributed by atoms with Crippen molar-refractivity contribution in [1.29, 1.82) is 0 Å². The van der Waals surface area contributed by atoms with Crippen LogP contribution >= 0.6 is 0 Å². The van der Waals surface area contributed by atoms with Gasteiger partial charge in [0, 0.05) is 12.6 Å². The summed E-state index contributed by atoms with van der Waals surface area (Å²) in [4.78, 5) is 11.6. The first-order chi connectivity index (χ1) is 7.65. The molecule has 0 spiro atoms. The fourth-order valence-corrected chi connectivity index (χ4v) is 1.62. The summed E-state index contributed by atoms with van der Waals surface area (Å²) in [6, 6.07) is 7.05. The van der Waals surface area contributed by atoms with Crippen LogP contribution in [0.15, 0.2) is 29.1 Å². The minimum atomic E-state index is -0.343. The van der Waals surface area contributed by atoms with Crippen LogP contribution in [0, 0.1) is 0 Å². The van der Waals surface area contributed by atoms with Gasteiger partial charge in [0.25, 0.3) is 5.56 Å². The normalized spacial score (nSPS) is 10.4. The number of benzene rings is 1. The molecule has 0 atom stereocenters. The molecule has 0 unspecified atom stereocenters. The fraction of sp³-hybridized carbons (Fsp3) is 0.182. The van der Waals surface area contributed by atoms with Gasteiger partial charge < -0.3 is 9.84 Å². The first-order valence-corrected chi connectivity index (χ1v) is 4.76. The number of methoxy groups -OCH3 is 1. The van der Waals surface area contributed by atoms with Gasteiger partial charge in [-0.25, -0.2) is 0 Å². The van der Waals surface area contributed by atoms with Crippen molar-refractivity contribution in [1.82, 2.24) is 9.78 Å². The number of aromatic nitrogens is 2. The molecule has 0 aliphatic heterocycles. The third kappa shape index (κ3) is 1.46. The largest absolute Gasteiger partial charge is 0.496 e. The average molecular weight is 220 g/mol. The van der Waals surface area contributed by atoms with Crippen molar-refractivity contribution in [2.24, 2.45) is 7.05 Å². The highest BCUT2D eigenvalue weighted by Gasteiger charge is 2.17. The van der Waals surface area contributed by atoms with Crippen LogP contribution in [0.5, 0.6) is 11.6 Å². The average Bonchev–Trinajstić information content (AvgIpc) is 2.53. The number of nitrogens with zero attached hydrogens (tertiary/aromatic N) is 1. The van der Waals surface area contributed by atoms with Gasteiger partial charge in [-0.2, -0.15) is 0 Å². The summed E-state index contributed by atoms with van der Waals surface area (Å²) in [5.74, 6) is 0.448. The molecule has 1 aromatic heterocycles. The fourth-order valence-electron chi connectivity index (χ4n) is 1.62. The predicted octanol–water partition coefficient (Wildman–Crippen LogP) is 1.09. The van der Waals surface area contributed by atoms with Crippen LogP contribution in [0.3, 0.4) is 0 Å². The van der Waals surface area contributed by atoms with Crippen molar-refractivity contribution >= 4 is 0 Å². The topological polar surface area (TPSA) is 67.2 Å². The molecular weight excluding hydrogens is 208 g/mol. The van der Waals surface area contributed by atoms with Gasteiger partial charge in [-0.3, -0.25) is 14.6 Å². The van der Waals surface area contributed by atoms with E-state index in [1.807, 2.05) is 0 Å². The summed E-state index contributed by atoms with van der Waals surface area (Å²) in [5, 5.41) is 12.2. The molecule has 0 amide bonds. The number of ether oxygens (including phenoxy) is 1. The van der Waals surface area contributed by atoms with Gasteiger partial charge in [0.15, 0.2) is 0 Å². The van der Waals surface area contributed by atoms with Crippen molar-refractivity contribution < 1.29 is 9.84 Å². The molecule has 0 bridgehead atoms. The maximum atomic E-state index is 11.6. The Morgan fingerprint density at radius 3 is 2.62 bits per heavy atom. The summed E-state index contributed by atoms with van der Waals surface area (Å²) in [7, 11) is 3.09. The Hall–Kier alpha value is -2.17. The first kappa shape index (κ1) is 10.4. The molecule has 0 saturated carbocycles. The number of nitrogens with one attached hydrogen (secondary N) is 1. The van der Waals surface area contributed by atoms with E-state index >= 15 is 0 Å². The van der Waals surface area contributed by atoms with E-state index in [9.17, 15) is 9.90 Å². The van der Waals surface area contributed by atoms with Crippen LogP contribution in [0.4, 0.5) is 0 Å². The number of aromatic amines is 1.